The largest absolute Gasteiger partial charge is 0.494 e. The lowest BCUT2D eigenvalue weighted by Gasteiger charge is -2.13. The summed E-state index contributed by atoms with van der Waals surface area (Å²) in [5.74, 6) is -0.647. The molecule has 0 unspecified atom stereocenters. The maximum Gasteiger partial charge on any atom is 0.258 e. The van der Waals surface area contributed by atoms with Gasteiger partial charge in [-0.3, -0.25) is 4.79 Å². The molecule has 0 aromatic heterocycles. The zero-order valence-corrected chi connectivity index (χ0v) is 14.5. The first kappa shape index (κ1) is 18.4. The van der Waals surface area contributed by atoms with Crippen LogP contribution in [0.4, 0.5) is 14.5 Å². The Bertz CT molecular complexity index is 942. The van der Waals surface area contributed by atoms with Crippen LogP contribution in [-0.4, -0.2) is 12.5 Å². The van der Waals surface area contributed by atoms with Gasteiger partial charge in [0, 0.05) is 0 Å². The third kappa shape index (κ3) is 4.61. The maximum atomic E-state index is 13.8. The Morgan fingerprint density at radius 1 is 0.963 bits per heavy atom. The topological polar surface area (TPSA) is 47.6 Å². The van der Waals surface area contributed by atoms with Crippen molar-refractivity contribution in [3.05, 3.63) is 83.9 Å². The quantitative estimate of drug-likeness (QED) is 0.632. The normalized spacial score (nSPS) is 10.3. The molecule has 0 aliphatic heterocycles. The Labute approximate surface area is 155 Å². The van der Waals surface area contributed by atoms with Gasteiger partial charge < -0.3 is 14.8 Å². The number of nitrogens with one attached hydrogen (secondary N) is 1. The molecule has 27 heavy (non-hydrogen) atoms. The zero-order valence-electron chi connectivity index (χ0n) is 14.5. The fraction of sp³-hybridized carbons (Fsp3) is 0.0952. The summed E-state index contributed by atoms with van der Waals surface area (Å²) in [5.41, 5.74) is -0.0501. The van der Waals surface area contributed by atoms with Crippen molar-refractivity contribution in [2.45, 2.75) is 6.92 Å². The van der Waals surface area contributed by atoms with Crippen LogP contribution < -0.4 is 14.8 Å². The third-order valence-electron chi connectivity index (χ3n) is 3.67. The van der Waals surface area contributed by atoms with E-state index in [1.165, 1.54) is 0 Å². The number of hydrogen-bond donors (Lipinski definition) is 1. The number of anilines is 1. The van der Waals surface area contributed by atoms with E-state index in [0.717, 1.165) is 18.2 Å². The van der Waals surface area contributed by atoms with E-state index in [2.05, 4.69) is 5.32 Å². The molecule has 3 aromatic rings. The molecule has 1 amide bonds. The molecule has 0 spiro atoms. The van der Waals surface area contributed by atoms with E-state index in [1.807, 2.05) is 6.92 Å². The van der Waals surface area contributed by atoms with Crippen molar-refractivity contribution in [3.8, 4) is 17.2 Å². The maximum absolute atomic E-state index is 13.8. The van der Waals surface area contributed by atoms with Crippen LogP contribution in [0.25, 0.3) is 0 Å². The van der Waals surface area contributed by atoms with Gasteiger partial charge >= 0.3 is 0 Å². The molecule has 0 heterocycles. The van der Waals surface area contributed by atoms with E-state index in [9.17, 15) is 13.6 Å². The summed E-state index contributed by atoms with van der Waals surface area (Å²) < 4.78 is 38.3. The number of hydrogen-bond acceptors (Lipinski definition) is 3. The Morgan fingerprint density at radius 2 is 1.67 bits per heavy atom. The number of carbonyl (C=O) groups is 1. The number of amides is 1. The zero-order chi connectivity index (χ0) is 19.2. The summed E-state index contributed by atoms with van der Waals surface area (Å²) in [6.45, 7) is 2.45. The van der Waals surface area contributed by atoms with Crippen molar-refractivity contribution < 1.29 is 23.0 Å². The average molecular weight is 369 g/mol. The molecular weight excluding hydrogens is 352 g/mol. The molecule has 0 aliphatic rings. The summed E-state index contributed by atoms with van der Waals surface area (Å²) >= 11 is 0. The van der Waals surface area contributed by atoms with Crippen LogP contribution in [0.2, 0.25) is 0 Å². The molecule has 0 saturated heterocycles. The molecular formula is C21H17F2NO3. The van der Waals surface area contributed by atoms with E-state index in [0.29, 0.717) is 29.5 Å². The van der Waals surface area contributed by atoms with Crippen molar-refractivity contribution in [2.75, 3.05) is 11.9 Å². The number of halogens is 2. The molecule has 0 atom stereocenters. The van der Waals surface area contributed by atoms with Gasteiger partial charge in [-0.05, 0) is 61.5 Å². The molecule has 138 valence electrons. The van der Waals surface area contributed by atoms with Crippen LogP contribution in [0.3, 0.4) is 0 Å². The van der Waals surface area contributed by atoms with Gasteiger partial charge in [0.05, 0.1) is 17.9 Å². The number of carbonyl (C=O) groups excluding carboxylic acids is 1. The van der Waals surface area contributed by atoms with Crippen LogP contribution in [0.1, 0.15) is 17.3 Å². The second-order valence-electron chi connectivity index (χ2n) is 5.58. The predicted molar refractivity (Wildman–Crippen MR) is 98.4 cm³/mol. The lowest BCUT2D eigenvalue weighted by molar-refractivity contribution is 0.102. The summed E-state index contributed by atoms with van der Waals surface area (Å²) in [5, 5.41) is 2.55. The van der Waals surface area contributed by atoms with E-state index in [1.54, 1.807) is 48.5 Å². The summed E-state index contributed by atoms with van der Waals surface area (Å²) in [6.07, 6.45) is 0. The van der Waals surface area contributed by atoms with Gasteiger partial charge in [-0.25, -0.2) is 8.78 Å². The monoisotopic (exact) mass is 369 g/mol. The Balaban J connectivity index is 1.79. The van der Waals surface area contributed by atoms with Gasteiger partial charge in [0.1, 0.15) is 23.1 Å². The highest BCUT2D eigenvalue weighted by Crippen LogP contribution is 2.30. The van der Waals surface area contributed by atoms with Gasteiger partial charge in [0.15, 0.2) is 5.75 Å². The molecule has 0 fully saturated rings. The highest BCUT2D eigenvalue weighted by atomic mass is 19.1. The molecule has 3 aromatic carbocycles. The second-order valence-corrected chi connectivity index (χ2v) is 5.58. The smallest absolute Gasteiger partial charge is 0.258 e. The lowest BCUT2D eigenvalue weighted by Crippen LogP contribution is -2.14. The Kier molecular flexibility index (Phi) is 5.66. The first-order chi connectivity index (χ1) is 13.1. The molecule has 3 rings (SSSR count). The first-order valence-electron chi connectivity index (χ1n) is 8.33. The van der Waals surface area contributed by atoms with Crippen LogP contribution in [-0.2, 0) is 0 Å². The van der Waals surface area contributed by atoms with Gasteiger partial charge in [0.2, 0.25) is 0 Å². The Hall–Kier alpha value is -3.41. The molecule has 0 radical (unpaired) electrons. The fourth-order valence-corrected chi connectivity index (χ4v) is 2.42. The molecule has 0 bridgehead atoms. The van der Waals surface area contributed by atoms with Gasteiger partial charge in [-0.2, -0.15) is 0 Å². The number of ether oxygens (including phenoxy) is 2. The van der Waals surface area contributed by atoms with Crippen LogP contribution in [0, 0.1) is 11.6 Å². The van der Waals surface area contributed by atoms with Gasteiger partial charge in [0.25, 0.3) is 5.91 Å². The number of para-hydroxylation sites is 2. The fourth-order valence-electron chi connectivity index (χ4n) is 2.42. The van der Waals surface area contributed by atoms with Crippen LogP contribution in [0.15, 0.2) is 66.7 Å². The number of benzene rings is 3. The summed E-state index contributed by atoms with van der Waals surface area (Å²) in [7, 11) is 0. The van der Waals surface area contributed by atoms with Crippen molar-refractivity contribution in [1.82, 2.24) is 0 Å². The average Bonchev–Trinajstić information content (AvgIpc) is 2.67. The molecule has 4 nitrogen and oxygen atoms in total. The summed E-state index contributed by atoms with van der Waals surface area (Å²) in [4.78, 5) is 12.3. The lowest BCUT2D eigenvalue weighted by atomic mass is 10.2. The molecule has 1 N–H and O–H groups in total. The van der Waals surface area contributed by atoms with Gasteiger partial charge in [-0.1, -0.05) is 12.1 Å². The standard InChI is InChI=1S/C21H17F2NO3/c1-2-26-15-8-10-16(11-9-15)27-20-6-4-3-5-19(20)24-21(25)17-13-14(22)7-12-18(17)23/h3-13H,2H2,1H3,(H,24,25). The van der Waals surface area contributed by atoms with Gasteiger partial charge in [-0.15, -0.1) is 0 Å². The molecule has 0 aliphatic carbocycles. The van der Waals surface area contributed by atoms with Crippen molar-refractivity contribution in [1.29, 1.82) is 0 Å². The minimum Gasteiger partial charge on any atom is -0.494 e. The van der Waals surface area contributed by atoms with Crippen molar-refractivity contribution >= 4 is 11.6 Å². The van der Waals surface area contributed by atoms with Crippen LogP contribution >= 0.6 is 0 Å². The van der Waals surface area contributed by atoms with E-state index in [4.69, 9.17) is 9.47 Å². The van der Waals surface area contributed by atoms with E-state index in [-0.39, 0.29) is 5.56 Å². The second kappa shape index (κ2) is 8.31. The van der Waals surface area contributed by atoms with Crippen molar-refractivity contribution in [3.63, 3.8) is 0 Å². The highest BCUT2D eigenvalue weighted by Gasteiger charge is 2.15. The first-order valence-corrected chi connectivity index (χ1v) is 8.33. The van der Waals surface area contributed by atoms with E-state index >= 15 is 0 Å². The summed E-state index contributed by atoms with van der Waals surface area (Å²) in [6, 6.07) is 16.4. The minimum absolute atomic E-state index is 0.333. The predicted octanol–water partition coefficient (Wildman–Crippen LogP) is 5.41. The van der Waals surface area contributed by atoms with Crippen molar-refractivity contribution in [2.24, 2.45) is 0 Å². The van der Waals surface area contributed by atoms with E-state index < -0.39 is 17.5 Å². The highest BCUT2D eigenvalue weighted by molar-refractivity contribution is 6.05. The number of rotatable bonds is 6. The third-order valence-corrected chi connectivity index (χ3v) is 3.67. The molecule has 0 saturated carbocycles. The van der Waals surface area contributed by atoms with Crippen LogP contribution in [0.5, 0.6) is 17.2 Å². The minimum atomic E-state index is -0.807. The molecule has 6 heteroatoms. The SMILES string of the molecule is CCOc1ccc(Oc2ccccc2NC(=O)c2cc(F)ccc2F)cc1. The Morgan fingerprint density at radius 3 is 2.41 bits per heavy atom.